The number of hydrogen-bond donors (Lipinski definition) is 1. The van der Waals surface area contributed by atoms with Gasteiger partial charge in [0.05, 0.1) is 22.3 Å². The highest BCUT2D eigenvalue weighted by Crippen LogP contribution is 2.44. The average molecular weight is 873 g/mol. The number of amidine groups is 2. The van der Waals surface area contributed by atoms with Crippen LogP contribution >= 0.6 is 11.3 Å². The minimum absolute atomic E-state index is 0.462. The maximum atomic E-state index is 7.23. The van der Waals surface area contributed by atoms with Crippen LogP contribution in [0.2, 0.25) is 0 Å². The molecular weight excluding hydrogens is 837 g/mol. The summed E-state index contributed by atoms with van der Waals surface area (Å²) >= 11 is 1.80. The predicted octanol–water partition coefficient (Wildman–Crippen LogP) is 16.2. The molecule has 67 heavy (non-hydrogen) atoms. The lowest BCUT2D eigenvalue weighted by atomic mass is 10.00. The van der Waals surface area contributed by atoms with Crippen molar-refractivity contribution in [3.63, 3.8) is 0 Å². The first kappa shape index (κ1) is 36.7. The van der Waals surface area contributed by atoms with Gasteiger partial charge < -0.3 is 14.3 Å². The summed E-state index contributed by atoms with van der Waals surface area (Å²) in [7, 11) is 0. The number of thiophene rings is 1. The van der Waals surface area contributed by atoms with Crippen LogP contribution in [0.25, 0.3) is 113 Å². The Bertz CT molecular complexity index is 4420. The molecule has 4 heterocycles. The molecule has 0 bridgehead atoms. The van der Waals surface area contributed by atoms with Crippen LogP contribution < -0.4 is 5.32 Å². The molecule has 1 aliphatic heterocycles. The number of aromatic nitrogens is 1. The smallest absolute Gasteiger partial charge is 0.160 e. The van der Waals surface area contributed by atoms with Crippen LogP contribution in [0.3, 0.4) is 0 Å². The number of fused-ring (bicyclic) bond motifs is 14. The van der Waals surface area contributed by atoms with Crippen LogP contribution in [0.15, 0.2) is 221 Å². The zero-order chi connectivity index (χ0) is 43.7. The van der Waals surface area contributed by atoms with E-state index >= 15 is 0 Å². The second kappa shape index (κ2) is 14.0. The molecule has 6 heteroatoms. The molecule has 1 atom stereocenters. The number of furan rings is 1. The first-order chi connectivity index (χ1) is 33.2. The van der Waals surface area contributed by atoms with Crippen molar-refractivity contribution < 1.29 is 4.42 Å². The Balaban J connectivity index is 1.07. The van der Waals surface area contributed by atoms with Crippen molar-refractivity contribution in [2.75, 3.05) is 0 Å². The first-order valence-electron chi connectivity index (χ1n) is 22.7. The number of rotatable bonds is 4. The third-order valence-electron chi connectivity index (χ3n) is 14.0. The molecule has 0 fully saturated rings. The summed E-state index contributed by atoms with van der Waals surface area (Å²) in [6, 6.07) is 74.5. The van der Waals surface area contributed by atoms with E-state index in [2.05, 4.69) is 216 Å². The van der Waals surface area contributed by atoms with Crippen molar-refractivity contribution in [3.05, 3.63) is 223 Å². The van der Waals surface area contributed by atoms with Gasteiger partial charge in [-0.3, -0.25) is 0 Å². The molecule has 0 saturated heterocycles. The van der Waals surface area contributed by atoms with Crippen molar-refractivity contribution >= 4 is 130 Å². The molecule has 0 spiro atoms. The minimum Gasteiger partial charge on any atom is -0.455 e. The number of nitrogens with one attached hydrogen (secondary N) is 1. The number of aliphatic imine (C=N–C) groups is 2. The van der Waals surface area contributed by atoms with Gasteiger partial charge in [-0.25, -0.2) is 9.98 Å². The lowest BCUT2D eigenvalue weighted by Crippen LogP contribution is -2.34. The second-order valence-corrected chi connectivity index (χ2v) is 18.8. The highest BCUT2D eigenvalue weighted by Gasteiger charge is 2.30. The summed E-state index contributed by atoms with van der Waals surface area (Å²) in [6.07, 6.45) is -0.462. The summed E-state index contributed by atoms with van der Waals surface area (Å²) in [5.41, 5.74) is 7.71. The van der Waals surface area contributed by atoms with E-state index in [-0.39, 0.29) is 0 Å². The first-order valence-corrected chi connectivity index (χ1v) is 23.6. The molecule has 0 radical (unpaired) electrons. The lowest BCUT2D eigenvalue weighted by Gasteiger charge is -2.25. The molecule has 1 aliphatic rings. The SMILES string of the molecule is c1ccc2cc(C3N=C(c4cccc5c4sc4ccccc45)N=C(c4c(-n5c6cc7ccccc7cc6c6cc7ccccc7cc65)ccc5c4oc4ccc6ccccc6c45)N3)ccc2c1. The molecule has 0 aliphatic carbocycles. The Kier molecular flexibility index (Phi) is 7.65. The number of hydrogen-bond acceptors (Lipinski definition) is 5. The average Bonchev–Trinajstić information content (AvgIpc) is 4.06. The van der Waals surface area contributed by atoms with Crippen LogP contribution in [0, 0.1) is 0 Å². The molecule has 1 N–H and O–H groups in total. The Morgan fingerprint density at radius 1 is 0.478 bits per heavy atom. The molecule has 14 aromatic rings. The Morgan fingerprint density at radius 2 is 1.09 bits per heavy atom. The predicted molar refractivity (Wildman–Crippen MR) is 283 cm³/mol. The van der Waals surface area contributed by atoms with Gasteiger partial charge in [0.2, 0.25) is 0 Å². The molecule has 312 valence electrons. The van der Waals surface area contributed by atoms with Crippen molar-refractivity contribution in [1.29, 1.82) is 0 Å². The van der Waals surface area contributed by atoms with Gasteiger partial charge in [-0.15, -0.1) is 11.3 Å². The fraction of sp³-hybridized carbons (Fsp3) is 0.0164. The van der Waals surface area contributed by atoms with Gasteiger partial charge >= 0.3 is 0 Å². The van der Waals surface area contributed by atoms with Crippen molar-refractivity contribution in [2.24, 2.45) is 9.98 Å². The van der Waals surface area contributed by atoms with Gasteiger partial charge in [0.25, 0.3) is 0 Å². The van der Waals surface area contributed by atoms with Gasteiger partial charge in [0.1, 0.15) is 23.2 Å². The van der Waals surface area contributed by atoms with Crippen LogP contribution in [0.5, 0.6) is 0 Å². The topological polar surface area (TPSA) is 54.8 Å². The summed E-state index contributed by atoms with van der Waals surface area (Å²) in [4.78, 5) is 11.2. The highest BCUT2D eigenvalue weighted by molar-refractivity contribution is 7.26. The van der Waals surface area contributed by atoms with Gasteiger partial charge in [-0.1, -0.05) is 146 Å². The van der Waals surface area contributed by atoms with E-state index in [0.717, 1.165) is 66.1 Å². The van der Waals surface area contributed by atoms with E-state index in [1.807, 2.05) is 0 Å². The molecular formula is C61H36N4OS. The minimum atomic E-state index is -0.462. The maximum Gasteiger partial charge on any atom is 0.160 e. The van der Waals surface area contributed by atoms with Crippen LogP contribution in [0.4, 0.5) is 0 Å². The molecule has 11 aromatic carbocycles. The maximum absolute atomic E-state index is 7.23. The Labute approximate surface area is 387 Å². The Hall–Kier alpha value is -8.58. The lowest BCUT2D eigenvalue weighted by molar-refractivity contribution is 0.659. The van der Waals surface area contributed by atoms with Crippen LogP contribution in [0.1, 0.15) is 22.9 Å². The quantitative estimate of drug-likeness (QED) is 0.192. The normalized spacial score (nSPS) is 14.4. The van der Waals surface area contributed by atoms with Crippen molar-refractivity contribution in [3.8, 4) is 5.69 Å². The fourth-order valence-corrected chi connectivity index (χ4v) is 12.0. The number of benzene rings is 11. The van der Waals surface area contributed by atoms with E-state index in [4.69, 9.17) is 14.4 Å². The largest absolute Gasteiger partial charge is 0.455 e. The van der Waals surface area contributed by atoms with E-state index < -0.39 is 6.17 Å². The summed E-state index contributed by atoms with van der Waals surface area (Å²) < 4.78 is 12.1. The third-order valence-corrected chi connectivity index (χ3v) is 15.2. The molecule has 0 amide bonds. The van der Waals surface area contributed by atoms with E-state index in [0.29, 0.717) is 11.7 Å². The third kappa shape index (κ3) is 5.48. The zero-order valence-corrected chi connectivity index (χ0v) is 36.7. The van der Waals surface area contributed by atoms with Crippen molar-refractivity contribution in [1.82, 2.24) is 9.88 Å². The van der Waals surface area contributed by atoms with Gasteiger partial charge in [-0.2, -0.15) is 0 Å². The molecule has 3 aromatic heterocycles. The van der Waals surface area contributed by atoms with E-state index in [9.17, 15) is 0 Å². The monoisotopic (exact) mass is 872 g/mol. The molecule has 15 rings (SSSR count). The van der Waals surface area contributed by atoms with Crippen LogP contribution in [-0.4, -0.2) is 16.2 Å². The molecule has 0 saturated carbocycles. The second-order valence-electron chi connectivity index (χ2n) is 17.7. The summed E-state index contributed by atoms with van der Waals surface area (Å²) in [6.45, 7) is 0. The molecule has 1 unspecified atom stereocenters. The highest BCUT2D eigenvalue weighted by atomic mass is 32.1. The fourth-order valence-electron chi connectivity index (χ4n) is 10.8. The van der Waals surface area contributed by atoms with E-state index in [1.165, 1.54) is 63.3 Å². The van der Waals surface area contributed by atoms with Gasteiger partial charge in [-0.05, 0) is 109 Å². The van der Waals surface area contributed by atoms with Crippen molar-refractivity contribution in [2.45, 2.75) is 6.17 Å². The van der Waals surface area contributed by atoms with Gasteiger partial charge in [0, 0.05) is 47.3 Å². The summed E-state index contributed by atoms with van der Waals surface area (Å²) in [5.74, 6) is 1.37. The van der Waals surface area contributed by atoms with Crippen LogP contribution in [-0.2, 0) is 0 Å². The standard InChI is InChI=1S/C61H36N4OS/c1-2-14-37-30-42(25-24-35(37)12-1)59-62-60(47-22-11-21-45-44-20-9-10-23-54(44)67-58(45)47)64-61(63-59)56-50(28-27-46-55-43-19-8-7-13-36(43)26-29-53(55)66-57(46)56)65-51-33-40-17-5-3-15-38(40)31-48(51)49-32-39-16-4-6-18-41(39)34-52(49)65/h1-34,59H,(H,62,63,64). The zero-order valence-electron chi connectivity index (χ0n) is 35.9. The Morgan fingerprint density at radius 3 is 1.84 bits per heavy atom. The molecule has 5 nitrogen and oxygen atoms in total. The van der Waals surface area contributed by atoms with E-state index in [1.54, 1.807) is 11.3 Å². The summed E-state index contributed by atoms with van der Waals surface area (Å²) in [5, 5.41) is 20.3. The number of nitrogens with zero attached hydrogens (tertiary/aromatic N) is 3. The van der Waals surface area contributed by atoms with Gasteiger partial charge in [0.15, 0.2) is 5.84 Å².